The quantitative estimate of drug-likeness (QED) is 0.622. The second-order valence-corrected chi connectivity index (χ2v) is 4.02. The van der Waals surface area contributed by atoms with Crippen LogP contribution in [-0.4, -0.2) is 41.4 Å². The van der Waals surface area contributed by atoms with Gasteiger partial charge >= 0.3 is 5.91 Å². The highest BCUT2D eigenvalue weighted by molar-refractivity contribution is 5.91. The second kappa shape index (κ2) is 5.76. The van der Waals surface area contributed by atoms with E-state index in [0.717, 1.165) is 11.3 Å². The molecule has 0 fully saturated rings. The predicted molar refractivity (Wildman–Crippen MR) is 72.2 cm³/mol. The third-order valence-corrected chi connectivity index (χ3v) is 2.42. The minimum Gasteiger partial charge on any atom is -0.378 e. The Morgan fingerprint density at radius 1 is 1.37 bits per heavy atom. The number of rotatable bonds is 4. The van der Waals surface area contributed by atoms with Crippen LogP contribution < -0.4 is 10.3 Å². The highest BCUT2D eigenvalue weighted by Gasteiger charge is 2.05. The summed E-state index contributed by atoms with van der Waals surface area (Å²) in [6.45, 7) is 0. The summed E-state index contributed by atoms with van der Waals surface area (Å²) in [5.74, 6) is -0.307. The van der Waals surface area contributed by atoms with Crippen molar-refractivity contribution in [3.8, 4) is 0 Å². The smallest absolute Gasteiger partial charge is 0.308 e. The van der Waals surface area contributed by atoms with E-state index in [1.54, 1.807) is 6.21 Å². The van der Waals surface area contributed by atoms with Gasteiger partial charge in [0.15, 0.2) is 0 Å². The molecule has 0 saturated carbocycles. The van der Waals surface area contributed by atoms with E-state index in [-0.39, 0.29) is 5.82 Å². The Morgan fingerprint density at radius 3 is 2.68 bits per heavy atom. The number of aromatic amines is 1. The zero-order chi connectivity index (χ0) is 13.7. The molecule has 7 heteroatoms. The summed E-state index contributed by atoms with van der Waals surface area (Å²) >= 11 is 0. The van der Waals surface area contributed by atoms with Crippen molar-refractivity contribution in [3.05, 3.63) is 42.0 Å². The molecule has 0 spiro atoms. The lowest BCUT2D eigenvalue weighted by Gasteiger charge is -2.11. The number of carbonyl (C=O) groups excluding carboxylic acids is 1. The van der Waals surface area contributed by atoms with E-state index >= 15 is 0 Å². The van der Waals surface area contributed by atoms with Gasteiger partial charge in [-0.05, 0) is 17.7 Å². The molecular formula is C12H14N6O. The molecule has 0 aliphatic rings. The summed E-state index contributed by atoms with van der Waals surface area (Å²) in [5.41, 5.74) is 4.35. The standard InChI is InChI=1S/C12H14N6O/c1-18(2)10-5-3-9(4-6-10)7-14-17-12(19)11-13-8-15-16-11/h3-8H,1-2H3,(H,17,19)(H,13,15,16). The molecule has 1 aromatic carbocycles. The fourth-order valence-electron chi connectivity index (χ4n) is 1.39. The van der Waals surface area contributed by atoms with E-state index in [0.29, 0.717) is 0 Å². The summed E-state index contributed by atoms with van der Waals surface area (Å²) in [6, 6.07) is 7.78. The summed E-state index contributed by atoms with van der Waals surface area (Å²) in [5, 5.41) is 9.88. The molecule has 98 valence electrons. The Labute approximate surface area is 110 Å². The van der Waals surface area contributed by atoms with Crippen molar-refractivity contribution < 1.29 is 4.79 Å². The van der Waals surface area contributed by atoms with Crippen LogP contribution in [0, 0.1) is 0 Å². The number of hydrogen-bond donors (Lipinski definition) is 2. The third kappa shape index (κ3) is 3.38. The number of anilines is 1. The molecule has 0 unspecified atom stereocenters. The number of amides is 1. The van der Waals surface area contributed by atoms with Gasteiger partial charge in [0.25, 0.3) is 0 Å². The molecule has 2 aromatic rings. The Balaban J connectivity index is 1.94. The number of nitrogens with one attached hydrogen (secondary N) is 2. The zero-order valence-electron chi connectivity index (χ0n) is 10.7. The van der Waals surface area contributed by atoms with Crippen LogP contribution in [0.4, 0.5) is 5.69 Å². The number of hydrogen-bond acceptors (Lipinski definition) is 5. The lowest BCUT2D eigenvalue weighted by atomic mass is 10.2. The molecule has 2 N–H and O–H groups in total. The first kappa shape index (κ1) is 12.7. The molecule has 0 radical (unpaired) electrons. The van der Waals surface area contributed by atoms with Crippen molar-refractivity contribution in [2.45, 2.75) is 0 Å². The number of hydrazone groups is 1. The van der Waals surface area contributed by atoms with Crippen LogP contribution in [-0.2, 0) is 0 Å². The predicted octanol–water partition coefficient (Wildman–Crippen LogP) is 0.635. The van der Waals surface area contributed by atoms with Gasteiger partial charge in [-0.3, -0.25) is 9.89 Å². The molecule has 7 nitrogen and oxygen atoms in total. The number of carbonyl (C=O) groups is 1. The molecule has 0 aliphatic carbocycles. The van der Waals surface area contributed by atoms with Crippen molar-refractivity contribution in [1.29, 1.82) is 0 Å². The van der Waals surface area contributed by atoms with Crippen LogP contribution in [0.1, 0.15) is 16.2 Å². The summed E-state index contributed by atoms with van der Waals surface area (Å²) in [4.78, 5) is 17.2. The maximum Gasteiger partial charge on any atom is 0.308 e. The molecule has 1 heterocycles. The van der Waals surface area contributed by atoms with Crippen molar-refractivity contribution in [1.82, 2.24) is 20.6 Å². The van der Waals surface area contributed by atoms with Gasteiger partial charge in [-0.25, -0.2) is 10.4 Å². The molecule has 1 amide bonds. The Bertz CT molecular complexity index is 558. The van der Waals surface area contributed by atoms with Gasteiger partial charge in [-0.1, -0.05) is 12.1 Å². The topological polar surface area (TPSA) is 86.3 Å². The molecule has 0 atom stereocenters. The van der Waals surface area contributed by atoms with E-state index in [4.69, 9.17) is 0 Å². The number of nitrogens with zero attached hydrogens (tertiary/aromatic N) is 4. The van der Waals surface area contributed by atoms with Gasteiger partial charge in [0.2, 0.25) is 5.82 Å². The van der Waals surface area contributed by atoms with E-state index < -0.39 is 5.91 Å². The molecule has 19 heavy (non-hydrogen) atoms. The minimum atomic E-state index is -0.432. The lowest BCUT2D eigenvalue weighted by Crippen LogP contribution is -2.19. The van der Waals surface area contributed by atoms with Gasteiger partial charge in [-0.2, -0.15) is 10.2 Å². The first-order valence-corrected chi connectivity index (χ1v) is 5.63. The van der Waals surface area contributed by atoms with E-state index in [1.807, 2.05) is 43.3 Å². The molecule has 0 bridgehead atoms. The first-order chi connectivity index (χ1) is 9.16. The van der Waals surface area contributed by atoms with Crippen molar-refractivity contribution >= 4 is 17.8 Å². The molecule has 0 aliphatic heterocycles. The Morgan fingerprint density at radius 2 is 2.11 bits per heavy atom. The second-order valence-electron chi connectivity index (χ2n) is 4.02. The van der Waals surface area contributed by atoms with Gasteiger partial charge < -0.3 is 4.90 Å². The normalized spacial score (nSPS) is 10.6. The van der Waals surface area contributed by atoms with Crippen LogP contribution in [0.25, 0.3) is 0 Å². The summed E-state index contributed by atoms with van der Waals surface area (Å²) in [6.07, 6.45) is 2.83. The van der Waals surface area contributed by atoms with Crippen LogP contribution in [0.5, 0.6) is 0 Å². The molecule has 2 rings (SSSR count). The van der Waals surface area contributed by atoms with Crippen LogP contribution in [0.2, 0.25) is 0 Å². The van der Waals surface area contributed by atoms with Gasteiger partial charge in [0.05, 0.1) is 6.21 Å². The summed E-state index contributed by atoms with van der Waals surface area (Å²) in [7, 11) is 3.95. The average Bonchev–Trinajstić information content (AvgIpc) is 2.93. The zero-order valence-corrected chi connectivity index (χ0v) is 10.7. The van der Waals surface area contributed by atoms with Gasteiger partial charge in [0.1, 0.15) is 6.33 Å². The van der Waals surface area contributed by atoms with Crippen molar-refractivity contribution in [2.75, 3.05) is 19.0 Å². The van der Waals surface area contributed by atoms with Gasteiger partial charge in [0, 0.05) is 19.8 Å². The third-order valence-electron chi connectivity index (χ3n) is 2.42. The fraction of sp³-hybridized carbons (Fsp3) is 0.167. The van der Waals surface area contributed by atoms with E-state index in [9.17, 15) is 4.79 Å². The van der Waals surface area contributed by atoms with E-state index in [1.165, 1.54) is 6.33 Å². The van der Waals surface area contributed by atoms with Crippen molar-refractivity contribution in [2.24, 2.45) is 5.10 Å². The number of aromatic nitrogens is 3. The highest BCUT2D eigenvalue weighted by Crippen LogP contribution is 2.10. The maximum atomic E-state index is 11.5. The van der Waals surface area contributed by atoms with Crippen LogP contribution in [0.3, 0.4) is 0 Å². The number of benzene rings is 1. The summed E-state index contributed by atoms with van der Waals surface area (Å²) < 4.78 is 0. The van der Waals surface area contributed by atoms with E-state index in [2.05, 4.69) is 25.7 Å². The lowest BCUT2D eigenvalue weighted by molar-refractivity contribution is 0.0945. The van der Waals surface area contributed by atoms with Crippen molar-refractivity contribution in [3.63, 3.8) is 0 Å². The molecule has 0 saturated heterocycles. The largest absolute Gasteiger partial charge is 0.378 e. The first-order valence-electron chi connectivity index (χ1n) is 5.63. The van der Waals surface area contributed by atoms with Crippen LogP contribution >= 0.6 is 0 Å². The maximum absolute atomic E-state index is 11.5. The molecule has 1 aromatic heterocycles. The average molecular weight is 258 g/mol. The Hall–Kier alpha value is -2.70. The highest BCUT2D eigenvalue weighted by atomic mass is 16.2. The monoisotopic (exact) mass is 258 g/mol. The van der Waals surface area contributed by atoms with Gasteiger partial charge in [-0.15, -0.1) is 0 Å². The Kier molecular flexibility index (Phi) is 3.87. The minimum absolute atomic E-state index is 0.125. The SMILES string of the molecule is CN(C)c1ccc(C=NNC(=O)c2ncn[nH]2)cc1. The fourth-order valence-corrected chi connectivity index (χ4v) is 1.39. The molecular weight excluding hydrogens is 244 g/mol. The number of H-pyrrole nitrogens is 1. The van der Waals surface area contributed by atoms with Crippen LogP contribution in [0.15, 0.2) is 35.7 Å².